The predicted molar refractivity (Wildman–Crippen MR) is 60.7 cm³/mol. The number of rotatable bonds is 4. The molecule has 4 N–H and O–H groups in total. The first-order valence-electron chi connectivity index (χ1n) is 5.97. The van der Waals surface area contributed by atoms with Crippen molar-refractivity contribution in [1.82, 2.24) is 5.32 Å². The van der Waals surface area contributed by atoms with Crippen LogP contribution in [0.2, 0.25) is 0 Å². The highest BCUT2D eigenvalue weighted by molar-refractivity contribution is 5.78. The Hall–Kier alpha value is -0.770. The van der Waals surface area contributed by atoms with E-state index < -0.39 is 5.60 Å². The number of aliphatic imine (C=N–C) groups is 1. The molecule has 0 unspecified atom stereocenters. The second kappa shape index (κ2) is 4.39. The Morgan fingerprint density at radius 1 is 1.40 bits per heavy atom. The molecule has 0 radical (unpaired) electrons. The third-order valence-corrected chi connectivity index (χ3v) is 3.60. The van der Waals surface area contributed by atoms with Crippen LogP contribution in [0.25, 0.3) is 0 Å². The number of nitrogens with zero attached hydrogens (tertiary/aromatic N) is 1. The summed E-state index contributed by atoms with van der Waals surface area (Å²) in [5.74, 6) is 0.544. The largest absolute Gasteiger partial charge is 0.390 e. The van der Waals surface area contributed by atoms with Crippen molar-refractivity contribution < 1.29 is 5.11 Å². The van der Waals surface area contributed by atoms with Gasteiger partial charge in [-0.3, -0.25) is 4.99 Å². The second-order valence-electron chi connectivity index (χ2n) is 4.87. The molecule has 0 aromatic rings. The topological polar surface area (TPSA) is 70.6 Å². The van der Waals surface area contributed by atoms with E-state index in [1.165, 1.54) is 19.3 Å². The van der Waals surface area contributed by atoms with Gasteiger partial charge >= 0.3 is 0 Å². The maximum Gasteiger partial charge on any atom is 0.188 e. The molecule has 2 saturated carbocycles. The van der Waals surface area contributed by atoms with Crippen LogP contribution < -0.4 is 11.1 Å². The lowest BCUT2D eigenvalue weighted by Crippen LogP contribution is -2.44. The molecule has 0 aliphatic heterocycles. The predicted octanol–water partition coefficient (Wildman–Crippen LogP) is 0.748. The van der Waals surface area contributed by atoms with E-state index in [1.807, 2.05) is 0 Å². The van der Waals surface area contributed by atoms with E-state index in [0.29, 0.717) is 18.5 Å². The van der Waals surface area contributed by atoms with Gasteiger partial charge in [0.25, 0.3) is 0 Å². The highest BCUT2D eigenvalue weighted by atomic mass is 16.3. The summed E-state index contributed by atoms with van der Waals surface area (Å²) in [6.07, 6.45) is 7.47. The number of guanidine groups is 1. The number of aliphatic hydroxyl groups is 1. The average molecular weight is 211 g/mol. The van der Waals surface area contributed by atoms with Gasteiger partial charge in [-0.2, -0.15) is 0 Å². The standard InChI is InChI=1S/C11H21N3O/c12-10(14-9-3-1-4-9)13-8-7-11(15)5-2-6-11/h9,15H,1-8H2,(H3,12,13,14). The van der Waals surface area contributed by atoms with E-state index in [2.05, 4.69) is 10.3 Å². The van der Waals surface area contributed by atoms with Gasteiger partial charge in [-0.05, 0) is 44.9 Å². The maximum atomic E-state index is 9.83. The molecule has 0 aromatic heterocycles. The fourth-order valence-electron chi connectivity index (χ4n) is 2.03. The van der Waals surface area contributed by atoms with Gasteiger partial charge in [0, 0.05) is 12.6 Å². The average Bonchev–Trinajstić information content (AvgIpc) is 2.09. The lowest BCUT2D eigenvalue weighted by molar-refractivity contribution is -0.0377. The summed E-state index contributed by atoms with van der Waals surface area (Å²) in [5.41, 5.74) is 5.30. The van der Waals surface area contributed by atoms with Crippen LogP contribution in [-0.4, -0.2) is 29.3 Å². The number of hydrogen-bond acceptors (Lipinski definition) is 2. The summed E-state index contributed by atoms with van der Waals surface area (Å²) in [7, 11) is 0. The molecule has 4 nitrogen and oxygen atoms in total. The van der Waals surface area contributed by atoms with Gasteiger partial charge in [0.15, 0.2) is 5.96 Å². The number of nitrogens with two attached hydrogens (primary N) is 1. The first-order valence-corrected chi connectivity index (χ1v) is 5.97. The molecule has 2 rings (SSSR count). The summed E-state index contributed by atoms with van der Waals surface area (Å²) in [5, 5.41) is 13.0. The molecule has 0 bridgehead atoms. The van der Waals surface area contributed by atoms with Gasteiger partial charge in [0.05, 0.1) is 5.60 Å². The van der Waals surface area contributed by atoms with Gasteiger partial charge in [-0.25, -0.2) is 0 Å². The van der Waals surface area contributed by atoms with Crippen LogP contribution in [0.3, 0.4) is 0 Å². The van der Waals surface area contributed by atoms with Gasteiger partial charge in [-0.15, -0.1) is 0 Å². The monoisotopic (exact) mass is 211 g/mol. The molecule has 15 heavy (non-hydrogen) atoms. The minimum atomic E-state index is -0.430. The fourth-order valence-corrected chi connectivity index (χ4v) is 2.03. The Morgan fingerprint density at radius 3 is 2.60 bits per heavy atom. The van der Waals surface area contributed by atoms with Crippen molar-refractivity contribution in [2.45, 2.75) is 56.6 Å². The second-order valence-corrected chi connectivity index (χ2v) is 4.87. The normalized spacial score (nSPS) is 25.5. The van der Waals surface area contributed by atoms with Crippen LogP contribution in [0, 0.1) is 0 Å². The summed E-state index contributed by atoms with van der Waals surface area (Å²) in [4.78, 5) is 4.24. The Labute approximate surface area is 91.0 Å². The third kappa shape index (κ3) is 2.84. The first kappa shape index (κ1) is 10.7. The molecule has 0 saturated heterocycles. The minimum Gasteiger partial charge on any atom is -0.390 e. The van der Waals surface area contributed by atoms with Crippen molar-refractivity contribution in [1.29, 1.82) is 0 Å². The van der Waals surface area contributed by atoms with E-state index in [0.717, 1.165) is 25.7 Å². The van der Waals surface area contributed by atoms with Crippen LogP contribution in [0.5, 0.6) is 0 Å². The van der Waals surface area contributed by atoms with Crippen LogP contribution in [-0.2, 0) is 0 Å². The fraction of sp³-hybridized carbons (Fsp3) is 0.909. The molecular formula is C11H21N3O. The van der Waals surface area contributed by atoms with Crippen LogP contribution in [0.1, 0.15) is 44.9 Å². The van der Waals surface area contributed by atoms with E-state index in [9.17, 15) is 5.11 Å². The van der Waals surface area contributed by atoms with Gasteiger partial charge in [0.2, 0.25) is 0 Å². The van der Waals surface area contributed by atoms with Crippen LogP contribution in [0.4, 0.5) is 0 Å². The molecule has 4 heteroatoms. The molecular weight excluding hydrogens is 190 g/mol. The van der Waals surface area contributed by atoms with Crippen molar-refractivity contribution in [3.05, 3.63) is 0 Å². The zero-order valence-corrected chi connectivity index (χ0v) is 9.21. The summed E-state index contributed by atoms with van der Waals surface area (Å²) in [6.45, 7) is 0.641. The smallest absolute Gasteiger partial charge is 0.188 e. The lowest BCUT2D eigenvalue weighted by atomic mass is 9.78. The summed E-state index contributed by atoms with van der Waals surface area (Å²) >= 11 is 0. The van der Waals surface area contributed by atoms with Gasteiger partial charge in [-0.1, -0.05) is 0 Å². The summed E-state index contributed by atoms with van der Waals surface area (Å²) in [6, 6.07) is 0.542. The van der Waals surface area contributed by atoms with Crippen molar-refractivity contribution in [3.8, 4) is 0 Å². The zero-order chi connectivity index (χ0) is 10.7. The Kier molecular flexibility index (Phi) is 3.14. The van der Waals surface area contributed by atoms with Gasteiger partial charge < -0.3 is 16.2 Å². The molecule has 0 aromatic carbocycles. The number of hydrogen-bond donors (Lipinski definition) is 3. The highest BCUT2D eigenvalue weighted by Gasteiger charge is 2.33. The third-order valence-electron chi connectivity index (χ3n) is 3.60. The molecule has 2 aliphatic rings. The molecule has 0 atom stereocenters. The van der Waals surface area contributed by atoms with E-state index in [1.54, 1.807) is 0 Å². The highest BCUT2D eigenvalue weighted by Crippen LogP contribution is 2.34. The molecule has 86 valence electrons. The lowest BCUT2D eigenvalue weighted by Gasteiger charge is -2.36. The van der Waals surface area contributed by atoms with Crippen molar-refractivity contribution in [2.24, 2.45) is 10.7 Å². The van der Waals surface area contributed by atoms with Crippen molar-refractivity contribution >= 4 is 5.96 Å². The van der Waals surface area contributed by atoms with Crippen LogP contribution in [0.15, 0.2) is 4.99 Å². The Balaban J connectivity index is 1.63. The Morgan fingerprint density at radius 2 is 2.13 bits per heavy atom. The molecule has 0 heterocycles. The summed E-state index contributed by atoms with van der Waals surface area (Å²) < 4.78 is 0. The molecule has 2 aliphatic carbocycles. The first-order chi connectivity index (χ1) is 7.18. The minimum absolute atomic E-state index is 0.430. The molecule has 0 spiro atoms. The number of nitrogens with one attached hydrogen (secondary N) is 1. The zero-order valence-electron chi connectivity index (χ0n) is 9.21. The maximum absolute atomic E-state index is 9.83. The van der Waals surface area contributed by atoms with Crippen LogP contribution >= 0.6 is 0 Å². The van der Waals surface area contributed by atoms with Gasteiger partial charge in [0.1, 0.15) is 0 Å². The van der Waals surface area contributed by atoms with E-state index in [-0.39, 0.29) is 0 Å². The Bertz CT molecular complexity index is 244. The van der Waals surface area contributed by atoms with Crippen molar-refractivity contribution in [3.63, 3.8) is 0 Å². The SMILES string of the molecule is NC(=NCCC1(O)CCC1)NC1CCC1. The molecule has 0 amide bonds. The molecule has 2 fully saturated rings. The quantitative estimate of drug-likeness (QED) is 0.474. The van der Waals surface area contributed by atoms with E-state index >= 15 is 0 Å². The van der Waals surface area contributed by atoms with Crippen molar-refractivity contribution in [2.75, 3.05) is 6.54 Å². The van der Waals surface area contributed by atoms with E-state index in [4.69, 9.17) is 5.73 Å².